The van der Waals surface area contributed by atoms with Crippen molar-refractivity contribution in [3.05, 3.63) is 52.5 Å². The van der Waals surface area contributed by atoms with Gasteiger partial charge in [0.05, 0.1) is 22.8 Å². The third kappa shape index (κ3) is 7.67. The number of anilines is 1. The summed E-state index contributed by atoms with van der Waals surface area (Å²) in [6, 6.07) is 11.6. The second-order valence-corrected chi connectivity index (χ2v) is 8.37. The first kappa shape index (κ1) is 25.4. The van der Waals surface area contributed by atoms with Crippen LogP contribution in [-0.2, 0) is 9.63 Å². The largest absolute Gasteiger partial charge is 0.481 e. The minimum absolute atomic E-state index is 0.191. The van der Waals surface area contributed by atoms with E-state index in [1.54, 1.807) is 6.21 Å². The van der Waals surface area contributed by atoms with Gasteiger partial charge in [-0.15, -0.1) is 0 Å². The van der Waals surface area contributed by atoms with Crippen molar-refractivity contribution < 1.29 is 14.7 Å². The molecule has 0 saturated carbocycles. The second kappa shape index (κ2) is 12.9. The SMILES string of the molecule is CCNc1cc(Cl)ccc1N=CC1CC(c2ccc(C)c(N=CCCCCC(=O)O)c2)=NNO1. The molecule has 0 aromatic heterocycles. The van der Waals surface area contributed by atoms with E-state index in [1.165, 1.54) is 0 Å². The van der Waals surface area contributed by atoms with Crippen LogP contribution in [-0.4, -0.2) is 41.9 Å². The predicted molar refractivity (Wildman–Crippen MR) is 138 cm³/mol. The molecule has 3 N–H and O–H groups in total. The number of nitrogens with zero attached hydrogens (tertiary/aromatic N) is 3. The fraction of sp³-hybridized carbons (Fsp3) is 0.360. The molecular formula is C25H30ClN5O3. The van der Waals surface area contributed by atoms with Crippen LogP contribution in [0, 0.1) is 6.92 Å². The van der Waals surface area contributed by atoms with E-state index in [-0.39, 0.29) is 12.5 Å². The highest BCUT2D eigenvalue weighted by molar-refractivity contribution is 6.31. The number of unbranched alkanes of at least 4 members (excludes halogenated alkanes) is 2. The lowest BCUT2D eigenvalue weighted by Crippen LogP contribution is -2.31. The van der Waals surface area contributed by atoms with Crippen LogP contribution in [0.2, 0.25) is 5.02 Å². The quantitative estimate of drug-likeness (QED) is 0.275. The molecule has 34 heavy (non-hydrogen) atoms. The number of carboxylic acid groups (broad SMARTS) is 1. The minimum Gasteiger partial charge on any atom is -0.481 e. The van der Waals surface area contributed by atoms with Gasteiger partial charge >= 0.3 is 5.97 Å². The van der Waals surface area contributed by atoms with Crippen LogP contribution in [0.4, 0.5) is 17.1 Å². The highest BCUT2D eigenvalue weighted by Gasteiger charge is 2.18. The van der Waals surface area contributed by atoms with E-state index in [4.69, 9.17) is 21.5 Å². The van der Waals surface area contributed by atoms with Crippen LogP contribution in [0.25, 0.3) is 0 Å². The van der Waals surface area contributed by atoms with Crippen LogP contribution in [0.3, 0.4) is 0 Å². The Morgan fingerprint density at radius 1 is 1.26 bits per heavy atom. The summed E-state index contributed by atoms with van der Waals surface area (Å²) in [5.74, 6) is -0.763. The van der Waals surface area contributed by atoms with Crippen molar-refractivity contribution in [1.29, 1.82) is 0 Å². The fourth-order valence-electron chi connectivity index (χ4n) is 3.41. The Morgan fingerprint density at radius 2 is 2.12 bits per heavy atom. The van der Waals surface area contributed by atoms with Crippen molar-refractivity contribution in [2.75, 3.05) is 11.9 Å². The van der Waals surface area contributed by atoms with Gasteiger partial charge in [0.2, 0.25) is 0 Å². The zero-order valence-corrected chi connectivity index (χ0v) is 20.2. The van der Waals surface area contributed by atoms with Crippen molar-refractivity contribution in [1.82, 2.24) is 5.59 Å². The predicted octanol–water partition coefficient (Wildman–Crippen LogP) is 5.83. The van der Waals surface area contributed by atoms with Gasteiger partial charge in [-0.2, -0.15) is 10.7 Å². The van der Waals surface area contributed by atoms with E-state index >= 15 is 0 Å². The topological polar surface area (TPSA) is 108 Å². The summed E-state index contributed by atoms with van der Waals surface area (Å²) in [6.45, 7) is 4.79. The van der Waals surface area contributed by atoms with Crippen molar-refractivity contribution in [3.63, 3.8) is 0 Å². The molecule has 0 bridgehead atoms. The molecule has 1 heterocycles. The monoisotopic (exact) mass is 483 g/mol. The fourth-order valence-corrected chi connectivity index (χ4v) is 3.58. The molecule has 0 saturated heterocycles. The molecule has 0 aliphatic carbocycles. The molecule has 1 unspecified atom stereocenters. The second-order valence-electron chi connectivity index (χ2n) is 7.93. The van der Waals surface area contributed by atoms with E-state index < -0.39 is 5.97 Å². The number of halogens is 1. The van der Waals surface area contributed by atoms with E-state index in [0.29, 0.717) is 17.9 Å². The van der Waals surface area contributed by atoms with E-state index in [2.05, 4.69) is 26.0 Å². The Balaban J connectivity index is 1.65. The lowest BCUT2D eigenvalue weighted by molar-refractivity contribution is -0.137. The molecule has 180 valence electrons. The zero-order chi connectivity index (χ0) is 24.3. The number of hydrogen-bond donors (Lipinski definition) is 3. The molecule has 9 heteroatoms. The maximum absolute atomic E-state index is 10.6. The number of hydrazone groups is 1. The molecule has 0 radical (unpaired) electrons. The molecule has 8 nitrogen and oxygen atoms in total. The first-order chi connectivity index (χ1) is 16.5. The van der Waals surface area contributed by atoms with E-state index in [1.807, 2.05) is 56.5 Å². The molecular weight excluding hydrogens is 454 g/mol. The summed E-state index contributed by atoms with van der Waals surface area (Å²) in [7, 11) is 0. The molecule has 2 aromatic rings. The average Bonchev–Trinajstić information content (AvgIpc) is 2.82. The van der Waals surface area contributed by atoms with E-state index in [9.17, 15) is 4.79 Å². The van der Waals surface area contributed by atoms with Gasteiger partial charge in [0, 0.05) is 42.4 Å². The lowest BCUT2D eigenvalue weighted by atomic mass is 10.0. The molecule has 0 amide bonds. The van der Waals surface area contributed by atoms with Crippen LogP contribution >= 0.6 is 11.6 Å². The van der Waals surface area contributed by atoms with Gasteiger partial charge in [0.1, 0.15) is 6.10 Å². The summed E-state index contributed by atoms with van der Waals surface area (Å²) >= 11 is 6.10. The molecule has 1 atom stereocenters. The van der Waals surface area contributed by atoms with Crippen LogP contribution in [0.5, 0.6) is 0 Å². The minimum atomic E-state index is -0.763. The summed E-state index contributed by atoms with van der Waals surface area (Å²) < 4.78 is 0. The third-order valence-electron chi connectivity index (χ3n) is 5.23. The molecule has 1 aliphatic rings. The van der Waals surface area contributed by atoms with Crippen molar-refractivity contribution in [2.45, 2.75) is 52.1 Å². The van der Waals surface area contributed by atoms with Gasteiger partial charge in [-0.1, -0.05) is 23.7 Å². The van der Waals surface area contributed by atoms with Crippen LogP contribution < -0.4 is 10.9 Å². The Bertz CT molecular complexity index is 1080. The normalized spacial score (nSPS) is 16.0. The van der Waals surface area contributed by atoms with Crippen LogP contribution in [0.15, 0.2) is 51.5 Å². The van der Waals surface area contributed by atoms with Gasteiger partial charge in [0.15, 0.2) is 0 Å². The smallest absolute Gasteiger partial charge is 0.303 e. The van der Waals surface area contributed by atoms with Crippen molar-refractivity contribution in [3.8, 4) is 0 Å². The third-order valence-corrected chi connectivity index (χ3v) is 5.47. The first-order valence-electron chi connectivity index (χ1n) is 11.4. The number of nitrogens with one attached hydrogen (secondary N) is 2. The number of aliphatic carboxylic acids is 1. The number of hydrogen-bond acceptors (Lipinski definition) is 7. The summed E-state index contributed by atoms with van der Waals surface area (Å²) in [6.07, 6.45) is 6.26. The Morgan fingerprint density at radius 3 is 2.91 bits per heavy atom. The maximum atomic E-state index is 10.6. The summed E-state index contributed by atoms with van der Waals surface area (Å²) in [5.41, 5.74) is 8.04. The number of carboxylic acids is 1. The van der Waals surface area contributed by atoms with Crippen molar-refractivity contribution >= 4 is 52.8 Å². The first-order valence-corrected chi connectivity index (χ1v) is 11.7. The van der Waals surface area contributed by atoms with Crippen molar-refractivity contribution in [2.24, 2.45) is 15.1 Å². The van der Waals surface area contributed by atoms with Gasteiger partial charge in [-0.3, -0.25) is 14.8 Å². The van der Waals surface area contributed by atoms with Crippen LogP contribution in [0.1, 0.15) is 50.2 Å². The van der Waals surface area contributed by atoms with Gasteiger partial charge in [0.25, 0.3) is 0 Å². The molecule has 1 aliphatic heterocycles. The highest BCUT2D eigenvalue weighted by Crippen LogP contribution is 2.28. The summed E-state index contributed by atoms with van der Waals surface area (Å²) in [5, 5.41) is 17.0. The Hall–Kier alpha value is -3.23. The molecule has 0 fully saturated rings. The standard InChI is InChI=1S/C25H30ClN5O3/c1-3-27-24-14-19(26)10-11-21(24)29-16-20-15-23(30-31-34-20)18-9-8-17(2)22(13-18)28-12-6-4-5-7-25(32)33/h8-14,16,20,27,31H,3-7,15H2,1-2H3,(H,32,33). The van der Waals surface area contributed by atoms with Gasteiger partial charge in [-0.05, 0) is 62.9 Å². The number of carbonyl (C=O) groups is 1. The number of rotatable bonds is 11. The Kier molecular flexibility index (Phi) is 9.61. The average molecular weight is 484 g/mol. The molecule has 0 spiro atoms. The highest BCUT2D eigenvalue weighted by atomic mass is 35.5. The lowest BCUT2D eigenvalue weighted by Gasteiger charge is -2.20. The number of aliphatic imine (C=N–C) groups is 2. The summed E-state index contributed by atoms with van der Waals surface area (Å²) in [4.78, 5) is 25.3. The van der Waals surface area contributed by atoms with Gasteiger partial charge < -0.3 is 10.4 Å². The number of aryl methyl sites for hydroxylation is 1. The van der Waals surface area contributed by atoms with E-state index in [0.717, 1.165) is 53.3 Å². The zero-order valence-electron chi connectivity index (χ0n) is 19.4. The molecule has 3 rings (SSSR count). The number of benzene rings is 2. The molecule has 2 aromatic carbocycles. The van der Waals surface area contributed by atoms with Gasteiger partial charge in [-0.25, -0.2) is 4.84 Å². The Labute approximate surface area is 204 Å². The maximum Gasteiger partial charge on any atom is 0.303 e.